The van der Waals surface area contributed by atoms with Crippen molar-refractivity contribution in [2.24, 2.45) is 5.92 Å². The van der Waals surface area contributed by atoms with Crippen LogP contribution < -0.4 is 9.80 Å². The average Bonchev–Trinajstić information content (AvgIpc) is 3.18. The predicted octanol–water partition coefficient (Wildman–Crippen LogP) is 1.05. The van der Waals surface area contributed by atoms with E-state index in [4.69, 9.17) is 0 Å². The Labute approximate surface area is 164 Å². The number of aromatic nitrogens is 2. The summed E-state index contributed by atoms with van der Waals surface area (Å²) in [5, 5.41) is 10.2. The zero-order valence-electron chi connectivity index (χ0n) is 16.0. The molecule has 4 rings (SSSR count). The number of hydrogen-bond acceptors (Lipinski definition) is 7. The average molecular weight is 393 g/mol. The topological polar surface area (TPSA) is 72.9 Å². The highest BCUT2D eigenvalue weighted by Crippen LogP contribution is 2.32. The Morgan fingerprint density at radius 3 is 2.37 bits per heavy atom. The second-order valence-electron chi connectivity index (χ2n) is 7.76. The van der Waals surface area contributed by atoms with Gasteiger partial charge in [0.1, 0.15) is 0 Å². The molecule has 3 fully saturated rings. The fraction of sp³-hybridized carbons (Fsp3) is 0.778. The lowest BCUT2D eigenvalue weighted by Crippen LogP contribution is -2.50. The lowest BCUT2D eigenvalue weighted by Gasteiger charge is -2.37. The minimum absolute atomic E-state index is 0.126. The van der Waals surface area contributed by atoms with E-state index >= 15 is 0 Å². The van der Waals surface area contributed by atoms with Crippen molar-refractivity contribution in [3.8, 4) is 0 Å². The SMILES string of the molecule is CN1CCN(C(=O)C2CCN(c3nnc(N4CCCCC4=O)s3)CC2)CC1. The predicted molar refractivity (Wildman–Crippen MR) is 105 cm³/mol. The van der Waals surface area contributed by atoms with E-state index in [2.05, 4.69) is 27.0 Å². The van der Waals surface area contributed by atoms with E-state index in [1.807, 2.05) is 4.90 Å². The van der Waals surface area contributed by atoms with Crippen LogP contribution in [0, 0.1) is 5.92 Å². The first-order valence-electron chi connectivity index (χ1n) is 9.98. The highest BCUT2D eigenvalue weighted by atomic mass is 32.1. The molecule has 0 saturated carbocycles. The molecule has 4 heterocycles. The summed E-state index contributed by atoms with van der Waals surface area (Å²) in [7, 11) is 2.11. The Morgan fingerprint density at radius 1 is 0.963 bits per heavy atom. The molecule has 0 spiro atoms. The van der Waals surface area contributed by atoms with Gasteiger partial charge in [-0.25, -0.2) is 0 Å². The van der Waals surface area contributed by atoms with Crippen LogP contribution in [-0.4, -0.2) is 84.7 Å². The molecule has 0 atom stereocenters. The van der Waals surface area contributed by atoms with Crippen molar-refractivity contribution in [2.75, 3.05) is 62.7 Å². The number of carbonyl (C=O) groups is 2. The third-order valence-corrected chi connectivity index (χ3v) is 6.89. The Hall–Kier alpha value is -1.74. The Balaban J connectivity index is 1.31. The lowest BCUT2D eigenvalue weighted by molar-refractivity contribution is -0.137. The van der Waals surface area contributed by atoms with Crippen LogP contribution in [0.5, 0.6) is 0 Å². The van der Waals surface area contributed by atoms with Gasteiger partial charge in [-0.2, -0.15) is 0 Å². The molecule has 9 heteroatoms. The summed E-state index contributed by atoms with van der Waals surface area (Å²) in [6.07, 6.45) is 4.33. The van der Waals surface area contributed by atoms with Gasteiger partial charge >= 0.3 is 0 Å². The fourth-order valence-corrected chi connectivity index (χ4v) is 5.00. The first-order chi connectivity index (χ1) is 13.1. The van der Waals surface area contributed by atoms with Crippen molar-refractivity contribution in [1.82, 2.24) is 20.0 Å². The highest BCUT2D eigenvalue weighted by molar-refractivity contribution is 7.19. The molecule has 2 amide bonds. The number of nitrogens with zero attached hydrogens (tertiary/aromatic N) is 6. The first-order valence-corrected chi connectivity index (χ1v) is 10.8. The number of amides is 2. The number of piperidine rings is 2. The van der Waals surface area contributed by atoms with Crippen LogP contribution in [-0.2, 0) is 9.59 Å². The van der Waals surface area contributed by atoms with Gasteiger partial charge in [0, 0.05) is 58.2 Å². The second kappa shape index (κ2) is 8.10. The number of carbonyl (C=O) groups excluding carboxylic acids is 2. The highest BCUT2D eigenvalue weighted by Gasteiger charge is 2.31. The molecule has 0 aromatic carbocycles. The standard InChI is InChI=1S/C18H28N6O2S/c1-21-10-12-22(13-11-21)16(26)14-5-8-23(9-6-14)17-19-20-18(27-17)24-7-3-2-4-15(24)25/h14H,2-13H2,1H3. The largest absolute Gasteiger partial charge is 0.347 e. The van der Waals surface area contributed by atoms with E-state index in [0.717, 1.165) is 76.6 Å². The molecule has 0 radical (unpaired) electrons. The first kappa shape index (κ1) is 18.6. The zero-order chi connectivity index (χ0) is 18.8. The van der Waals surface area contributed by atoms with Gasteiger partial charge in [0.15, 0.2) is 0 Å². The Morgan fingerprint density at radius 2 is 1.67 bits per heavy atom. The molecule has 148 valence electrons. The van der Waals surface area contributed by atoms with Crippen LogP contribution in [0.15, 0.2) is 0 Å². The van der Waals surface area contributed by atoms with Crippen LogP contribution in [0.2, 0.25) is 0 Å². The fourth-order valence-electron chi connectivity index (χ4n) is 4.06. The molecule has 27 heavy (non-hydrogen) atoms. The molecule has 1 aromatic rings. The van der Waals surface area contributed by atoms with Crippen molar-refractivity contribution in [3.05, 3.63) is 0 Å². The van der Waals surface area contributed by atoms with Crippen molar-refractivity contribution in [1.29, 1.82) is 0 Å². The minimum atomic E-state index is 0.126. The maximum Gasteiger partial charge on any atom is 0.228 e. The van der Waals surface area contributed by atoms with Crippen molar-refractivity contribution in [2.45, 2.75) is 32.1 Å². The summed E-state index contributed by atoms with van der Waals surface area (Å²) in [5.74, 6) is 0.598. The molecule has 1 aromatic heterocycles. The van der Waals surface area contributed by atoms with E-state index in [9.17, 15) is 9.59 Å². The summed E-state index contributed by atoms with van der Waals surface area (Å²) in [6.45, 7) is 6.02. The van der Waals surface area contributed by atoms with Gasteiger partial charge in [0.05, 0.1) is 0 Å². The Bertz CT molecular complexity index is 679. The summed E-state index contributed by atoms with van der Waals surface area (Å²) < 4.78 is 0. The van der Waals surface area contributed by atoms with Crippen LogP contribution in [0.1, 0.15) is 32.1 Å². The van der Waals surface area contributed by atoms with Gasteiger partial charge in [-0.1, -0.05) is 11.3 Å². The number of rotatable bonds is 3. The molecule has 0 aliphatic carbocycles. The summed E-state index contributed by atoms with van der Waals surface area (Å²) in [4.78, 5) is 33.1. The molecular formula is C18H28N6O2S. The minimum Gasteiger partial charge on any atom is -0.347 e. The van der Waals surface area contributed by atoms with E-state index in [1.54, 1.807) is 4.90 Å². The van der Waals surface area contributed by atoms with Gasteiger partial charge in [-0.15, -0.1) is 10.2 Å². The molecule has 3 aliphatic heterocycles. The molecule has 0 unspecified atom stereocenters. The molecule has 8 nitrogen and oxygen atoms in total. The molecule has 0 bridgehead atoms. The Kier molecular flexibility index (Phi) is 5.58. The maximum absolute atomic E-state index is 12.8. The zero-order valence-corrected chi connectivity index (χ0v) is 16.8. The number of hydrogen-bond donors (Lipinski definition) is 0. The molecular weight excluding hydrogens is 364 g/mol. The van der Waals surface area contributed by atoms with E-state index < -0.39 is 0 Å². The third-order valence-electron chi connectivity index (χ3n) is 5.89. The van der Waals surface area contributed by atoms with Gasteiger partial charge < -0.3 is 14.7 Å². The molecule has 0 N–H and O–H groups in total. The summed E-state index contributed by atoms with van der Waals surface area (Å²) in [5.41, 5.74) is 0. The van der Waals surface area contributed by atoms with Crippen LogP contribution in [0.25, 0.3) is 0 Å². The van der Waals surface area contributed by atoms with Crippen LogP contribution in [0.4, 0.5) is 10.3 Å². The van der Waals surface area contributed by atoms with Crippen molar-refractivity contribution < 1.29 is 9.59 Å². The van der Waals surface area contributed by atoms with Gasteiger partial charge in [-0.3, -0.25) is 14.5 Å². The van der Waals surface area contributed by atoms with Gasteiger partial charge in [0.25, 0.3) is 0 Å². The smallest absolute Gasteiger partial charge is 0.228 e. The summed E-state index contributed by atoms with van der Waals surface area (Å²) >= 11 is 1.50. The van der Waals surface area contributed by atoms with Crippen molar-refractivity contribution >= 4 is 33.4 Å². The van der Waals surface area contributed by atoms with E-state index in [1.165, 1.54) is 11.3 Å². The third kappa shape index (κ3) is 4.08. The number of likely N-dealkylation sites (N-methyl/N-ethyl adjacent to an activating group) is 1. The summed E-state index contributed by atoms with van der Waals surface area (Å²) in [6, 6.07) is 0. The van der Waals surface area contributed by atoms with Crippen LogP contribution >= 0.6 is 11.3 Å². The molecule has 3 aliphatic rings. The normalized spacial score (nSPS) is 23.1. The van der Waals surface area contributed by atoms with E-state index in [-0.39, 0.29) is 11.8 Å². The van der Waals surface area contributed by atoms with Crippen LogP contribution in [0.3, 0.4) is 0 Å². The van der Waals surface area contributed by atoms with Gasteiger partial charge in [-0.05, 0) is 32.7 Å². The van der Waals surface area contributed by atoms with Gasteiger partial charge in [0.2, 0.25) is 22.1 Å². The lowest BCUT2D eigenvalue weighted by atomic mass is 9.95. The quantitative estimate of drug-likeness (QED) is 0.766. The number of piperazine rings is 1. The van der Waals surface area contributed by atoms with E-state index in [0.29, 0.717) is 17.5 Å². The van der Waals surface area contributed by atoms with Crippen molar-refractivity contribution in [3.63, 3.8) is 0 Å². The monoisotopic (exact) mass is 392 g/mol. The second-order valence-corrected chi connectivity index (χ2v) is 8.69. The number of anilines is 2. The molecule has 3 saturated heterocycles. The maximum atomic E-state index is 12.8.